The molecule has 4 saturated heterocycles. The molecule has 5 aromatic rings. The highest BCUT2D eigenvalue weighted by Crippen LogP contribution is 2.54. The van der Waals surface area contributed by atoms with Gasteiger partial charge in [-0.25, -0.2) is 29.9 Å². The van der Waals surface area contributed by atoms with Gasteiger partial charge in [-0.05, 0) is 82.1 Å². The van der Waals surface area contributed by atoms with Gasteiger partial charge in [-0.2, -0.15) is 0 Å². The number of rotatable bonds is 18. The topological polar surface area (TPSA) is 297 Å². The molecule has 0 aliphatic carbocycles. The summed E-state index contributed by atoms with van der Waals surface area (Å²) in [4.78, 5) is 39.2. The van der Waals surface area contributed by atoms with Gasteiger partial charge in [-0.15, -0.1) is 0 Å². The van der Waals surface area contributed by atoms with E-state index in [0.29, 0.717) is 40.7 Å². The number of aromatic nitrogens is 8. The molecule has 23 nitrogen and oxygen atoms in total. The number of aliphatic hydroxyl groups excluding tert-OH is 2. The Morgan fingerprint density at radius 1 is 0.583 bits per heavy atom. The van der Waals surface area contributed by atoms with Crippen molar-refractivity contribution in [2.45, 2.75) is 229 Å². The van der Waals surface area contributed by atoms with Crippen LogP contribution in [0.2, 0.25) is 44.3 Å². The van der Waals surface area contributed by atoms with Crippen LogP contribution >= 0.6 is 0 Å². The van der Waals surface area contributed by atoms with E-state index in [0.717, 1.165) is 0 Å². The average Bonchev–Trinajstić information content (AvgIpc) is 1.93. The van der Waals surface area contributed by atoms with Crippen molar-refractivity contribution in [3.05, 3.63) is 61.2 Å². The minimum atomic E-state index is -3.09. The fraction of sp³-hybridized carbons (Fsp3) is 0.702. The third-order valence-electron chi connectivity index (χ3n) is 17.8. The highest BCUT2D eigenvalue weighted by molar-refractivity contribution is 6.84. The molecule has 2 unspecified atom stereocenters. The van der Waals surface area contributed by atoms with Crippen molar-refractivity contribution < 1.29 is 60.6 Å². The van der Waals surface area contributed by atoms with Crippen molar-refractivity contribution in [2.24, 2.45) is 0 Å². The first-order chi connectivity index (χ1) is 39.6. The Labute approximate surface area is 499 Å². The Hall–Kier alpha value is -4.02. The number of anilines is 2. The van der Waals surface area contributed by atoms with E-state index in [2.05, 4.69) is 146 Å². The lowest BCUT2D eigenvalue weighted by atomic mass is 9.89. The van der Waals surface area contributed by atoms with Gasteiger partial charge in [-0.3, -0.25) is 13.9 Å². The smallest absolute Gasteiger partial charge is 0.335 e. The lowest BCUT2D eigenvalue weighted by Gasteiger charge is -2.52. The monoisotopic (exact) mass is 1240 g/mol. The molecule has 0 radical (unpaired) electrons. The minimum absolute atomic E-state index is 0.0537. The van der Waals surface area contributed by atoms with E-state index in [1.165, 1.54) is 12.7 Å². The second kappa shape index (κ2) is 26.0. The normalized spacial score (nSPS) is 27.6. The van der Waals surface area contributed by atoms with Gasteiger partial charge in [0, 0.05) is 18.8 Å². The highest BCUT2D eigenvalue weighted by Gasteiger charge is 2.68. The summed E-state index contributed by atoms with van der Waals surface area (Å²) in [7, 11) is -11.7. The second-order valence-corrected chi connectivity index (χ2v) is 43.4. The summed E-state index contributed by atoms with van der Waals surface area (Å²) in [5.74, 6) is 0.159. The molecular weight excluding hydrogens is 1150 g/mol. The molecule has 0 spiro atoms. The zero-order valence-electron chi connectivity index (χ0n) is 52.1. The van der Waals surface area contributed by atoms with Crippen molar-refractivity contribution >= 4 is 74.1 Å². The number of fused-ring (bicyclic) bond motifs is 4. The molecule has 27 heteroatoms. The first-order valence-corrected chi connectivity index (χ1v) is 38.0. The fourth-order valence-corrected chi connectivity index (χ4v) is 35.8. The number of nitrogen functional groups attached to an aromatic ring is 1. The number of carbonyl (C=O) groups is 1. The Kier molecular flexibility index (Phi) is 20.4. The molecule has 8 atom stereocenters. The zero-order valence-corrected chi connectivity index (χ0v) is 56.1. The number of hydrogen-bond donors (Lipinski definition) is 6. The number of ether oxygens (including phenoxy) is 2. The van der Waals surface area contributed by atoms with Crippen LogP contribution in [-0.2, 0) is 35.4 Å². The number of amides is 1. The lowest BCUT2D eigenvalue weighted by Crippen LogP contribution is -2.67. The van der Waals surface area contributed by atoms with Gasteiger partial charge in [0.1, 0.15) is 53.8 Å². The fourth-order valence-electron chi connectivity index (χ4n) is 13.3. The van der Waals surface area contributed by atoms with E-state index in [9.17, 15) is 25.2 Å². The molecule has 84 heavy (non-hydrogen) atoms. The van der Waals surface area contributed by atoms with Crippen molar-refractivity contribution in [3.8, 4) is 0 Å². The van der Waals surface area contributed by atoms with Crippen LogP contribution in [0.3, 0.4) is 0 Å². The average molecular weight is 1240 g/mol. The summed E-state index contributed by atoms with van der Waals surface area (Å²) in [5, 5.41) is 47.7. The quantitative estimate of drug-likeness (QED) is 0.0445. The number of nitrogens with one attached hydrogen (secondary N) is 1. The van der Waals surface area contributed by atoms with Gasteiger partial charge >= 0.3 is 34.2 Å². The van der Waals surface area contributed by atoms with Gasteiger partial charge in [0.2, 0.25) is 0 Å². The van der Waals surface area contributed by atoms with E-state index in [-0.39, 0.29) is 101 Å². The van der Waals surface area contributed by atoms with Gasteiger partial charge in [0.15, 0.2) is 40.9 Å². The first-order valence-electron chi connectivity index (χ1n) is 30.1. The van der Waals surface area contributed by atoms with E-state index in [1.807, 2.05) is 6.07 Å². The number of hydrogen-bond acceptors (Lipinski definition) is 20. The maximum atomic E-state index is 13.0. The molecule has 7 N–H and O–H groups in total. The van der Waals surface area contributed by atoms with Crippen molar-refractivity contribution in [2.75, 3.05) is 37.5 Å². The number of nitrogens with zero attached hydrogens (tertiary/aromatic N) is 8. The van der Waals surface area contributed by atoms with Crippen LogP contribution in [0.15, 0.2) is 55.6 Å². The van der Waals surface area contributed by atoms with Crippen LogP contribution < -0.4 is 11.1 Å². The van der Waals surface area contributed by atoms with Gasteiger partial charge < -0.3 is 66.9 Å². The SMILES string of the molecule is CC(C)[Si]1(C(C)C)OC[C@H]2OC(n3cnc4c(N)ncnc43)[C@@](O)(CCCO)[C@@H]2O[Si](C(C)C)(C(C)C)O1.CC(C)[Si]1(C(C)C)OC[C@H]2OC(n3cnc4c(NC(=O)c5ccccc5)ncnc43)[C@@](O)(CCCO)[C@@H]2O[Si](C(C)C)(C(C)C)O1. The third kappa shape index (κ3) is 11.8. The second-order valence-electron chi connectivity index (χ2n) is 25.7. The molecule has 466 valence electrons. The lowest BCUT2D eigenvalue weighted by molar-refractivity contribution is -0.113. The van der Waals surface area contributed by atoms with Crippen LogP contribution in [0.4, 0.5) is 11.6 Å². The number of carbonyl (C=O) groups excluding carboxylic acids is 1. The predicted octanol–water partition coefficient (Wildman–Crippen LogP) is 9.20. The van der Waals surface area contributed by atoms with E-state index < -0.39 is 82.3 Å². The van der Waals surface area contributed by atoms with Crippen LogP contribution in [-0.4, -0.2) is 162 Å². The van der Waals surface area contributed by atoms with Crippen molar-refractivity contribution in [1.82, 2.24) is 39.0 Å². The summed E-state index contributed by atoms with van der Waals surface area (Å²) in [6, 6.07) is 8.84. The number of nitrogens with two attached hydrogens (primary N) is 1. The molecule has 0 saturated carbocycles. The summed E-state index contributed by atoms with van der Waals surface area (Å²) in [5.41, 5.74) is 6.03. The molecular formula is C57H94N10O13Si4. The number of benzene rings is 1. The van der Waals surface area contributed by atoms with E-state index >= 15 is 0 Å². The largest absolute Gasteiger partial charge is 0.414 e. The zero-order chi connectivity index (χ0) is 61.5. The molecule has 0 bridgehead atoms. The molecule has 1 amide bonds. The molecule has 4 aromatic heterocycles. The molecule has 9 rings (SSSR count). The molecule has 4 aliphatic heterocycles. The van der Waals surface area contributed by atoms with Crippen LogP contribution in [0, 0.1) is 0 Å². The maximum Gasteiger partial charge on any atom is 0.335 e. The maximum absolute atomic E-state index is 13.0. The van der Waals surface area contributed by atoms with E-state index in [4.69, 9.17) is 41.1 Å². The summed E-state index contributed by atoms with van der Waals surface area (Å²) in [6.07, 6.45) is 2.36. The first kappa shape index (κ1) is 65.9. The Balaban J connectivity index is 0.000000223. The summed E-state index contributed by atoms with van der Waals surface area (Å²) < 4.78 is 59.6. The molecule has 4 aliphatic rings. The van der Waals surface area contributed by atoms with Crippen molar-refractivity contribution in [3.63, 3.8) is 0 Å². The van der Waals surface area contributed by atoms with Crippen LogP contribution in [0.1, 0.15) is 159 Å². The number of imidazole rings is 2. The Morgan fingerprint density at radius 2 is 0.976 bits per heavy atom. The third-order valence-corrected chi connectivity index (χ3v) is 38.2. The Morgan fingerprint density at radius 3 is 1.38 bits per heavy atom. The van der Waals surface area contributed by atoms with E-state index in [1.54, 1.807) is 46.1 Å². The molecule has 1 aromatic carbocycles. The van der Waals surface area contributed by atoms with Gasteiger partial charge in [0.25, 0.3) is 5.91 Å². The number of aliphatic hydroxyl groups is 4. The highest BCUT2D eigenvalue weighted by atomic mass is 28.5. The molecule has 8 heterocycles. The Bertz CT molecular complexity index is 2980. The van der Waals surface area contributed by atoms with Crippen molar-refractivity contribution in [1.29, 1.82) is 0 Å². The van der Waals surface area contributed by atoms with Crippen LogP contribution in [0.25, 0.3) is 22.3 Å². The standard InChI is InChI=1S/C32H49N5O7Si2.C25H45N5O6Si2/c1-20(2)45(21(3)4)41-17-25-27(43-46(44-45,22(5)6)23(7)8)32(40,15-12-16-38)31(42-25)37-19-35-26-28(33-18-34-29(26)37)36-30(39)24-13-10-9-11-14-24;1-15(2)37(16(3)4)33-12-19-21(35-38(36-37,17(5)6)18(7)8)25(32,10-9-11-31)24(34-19)30-14-29-20-22(26)27-13-28-23(20)30/h9-11,13-14,18-23,25,27,31,38,40H,12,15-17H2,1-8H3,(H,33,34,36,39);13-19,21,24,31-32H,9-12H2,1-8H3,(H2,26,27,28)/t25-,27-,31?,32-;19-,21-,24?,25-/m11/s1. The van der Waals surface area contributed by atoms with Gasteiger partial charge in [0.05, 0.1) is 25.9 Å². The molecule has 4 fully saturated rings. The summed E-state index contributed by atoms with van der Waals surface area (Å²) in [6.45, 7) is 34.7. The predicted molar refractivity (Wildman–Crippen MR) is 327 cm³/mol. The van der Waals surface area contributed by atoms with Crippen LogP contribution in [0.5, 0.6) is 0 Å². The summed E-state index contributed by atoms with van der Waals surface area (Å²) >= 11 is 0. The minimum Gasteiger partial charge on any atom is -0.414 e. The van der Waals surface area contributed by atoms with Gasteiger partial charge in [-0.1, -0.05) is 129 Å².